The second-order valence-electron chi connectivity index (χ2n) is 4.85. The van der Waals surface area contributed by atoms with Gasteiger partial charge in [0.05, 0.1) is 5.69 Å². The number of hydrogen-bond acceptors (Lipinski definition) is 5. The van der Waals surface area contributed by atoms with E-state index in [0.29, 0.717) is 5.69 Å². The average molecular weight is 288 g/mol. The fourth-order valence-corrected chi connectivity index (χ4v) is 2.34. The van der Waals surface area contributed by atoms with Gasteiger partial charge in [-0.25, -0.2) is 5.84 Å². The lowest BCUT2D eigenvalue weighted by molar-refractivity contribution is 0.0943. The molecule has 1 aromatic heterocycles. The monoisotopic (exact) mass is 288 g/mol. The number of aryl methyl sites for hydroxylation is 3. The van der Waals surface area contributed by atoms with Crippen LogP contribution in [0.25, 0.3) is 5.69 Å². The molecule has 21 heavy (non-hydrogen) atoms. The fraction of sp³-hybridized carbons (Fsp3) is 0.214. The van der Waals surface area contributed by atoms with Crippen LogP contribution in [0, 0.1) is 20.8 Å². The molecule has 0 saturated carbocycles. The van der Waals surface area contributed by atoms with Crippen molar-refractivity contribution < 1.29 is 9.90 Å². The van der Waals surface area contributed by atoms with Gasteiger partial charge >= 0.3 is 0 Å². The first-order valence-electron chi connectivity index (χ1n) is 6.27. The summed E-state index contributed by atoms with van der Waals surface area (Å²) >= 11 is 0. The Hall–Kier alpha value is -2.67. The van der Waals surface area contributed by atoms with Gasteiger partial charge in [-0.3, -0.25) is 15.0 Å². The van der Waals surface area contributed by atoms with E-state index in [1.54, 1.807) is 0 Å². The van der Waals surface area contributed by atoms with Gasteiger partial charge < -0.3 is 5.11 Å². The summed E-state index contributed by atoms with van der Waals surface area (Å²) in [5, 5.41) is 13.6. The summed E-state index contributed by atoms with van der Waals surface area (Å²) in [6, 6.07) is 4.76. The zero-order valence-electron chi connectivity index (χ0n) is 12.0. The Kier molecular flexibility index (Phi) is 3.77. The zero-order valence-corrected chi connectivity index (χ0v) is 12.0. The summed E-state index contributed by atoms with van der Waals surface area (Å²) in [6.07, 6.45) is 0. The number of carbonyl (C=O) groups excluding carboxylic acids is 1. The van der Waals surface area contributed by atoms with E-state index in [1.807, 2.05) is 38.3 Å². The summed E-state index contributed by atoms with van der Waals surface area (Å²) in [5.41, 5.74) is 4.36. The highest BCUT2D eigenvalue weighted by Gasteiger charge is 2.17. The minimum Gasteiger partial charge on any atom is -0.505 e. The van der Waals surface area contributed by atoms with Gasteiger partial charge in [0, 0.05) is 6.07 Å². The number of nitrogen functional groups attached to an aromatic ring is 1. The highest BCUT2D eigenvalue weighted by atomic mass is 16.3. The first kappa shape index (κ1) is 14.7. The molecule has 2 rings (SSSR count). The first-order valence-corrected chi connectivity index (χ1v) is 6.27. The number of nitrogens with one attached hydrogen (secondary N) is 1. The van der Waals surface area contributed by atoms with E-state index in [9.17, 15) is 14.7 Å². The highest BCUT2D eigenvalue weighted by molar-refractivity contribution is 5.94. The average Bonchev–Trinajstić information content (AvgIpc) is 2.39. The van der Waals surface area contributed by atoms with Crippen LogP contribution in [0.1, 0.15) is 27.2 Å². The molecule has 110 valence electrons. The van der Waals surface area contributed by atoms with Gasteiger partial charge in [-0.2, -0.15) is 9.78 Å². The maximum absolute atomic E-state index is 12.1. The molecule has 1 heterocycles. The molecule has 1 aromatic carbocycles. The van der Waals surface area contributed by atoms with Crippen LogP contribution in [-0.2, 0) is 0 Å². The van der Waals surface area contributed by atoms with E-state index in [0.717, 1.165) is 27.4 Å². The molecule has 0 aliphatic rings. The Morgan fingerprint density at radius 2 is 1.81 bits per heavy atom. The van der Waals surface area contributed by atoms with Crippen LogP contribution in [0.2, 0.25) is 0 Å². The number of carbonyl (C=O) groups is 1. The summed E-state index contributed by atoms with van der Waals surface area (Å²) in [4.78, 5) is 23.6. The Labute approximate surface area is 121 Å². The summed E-state index contributed by atoms with van der Waals surface area (Å²) in [5.74, 6) is 3.75. The molecule has 4 N–H and O–H groups in total. The third-order valence-electron chi connectivity index (χ3n) is 3.10. The molecule has 7 nitrogen and oxygen atoms in total. The van der Waals surface area contributed by atoms with Crippen molar-refractivity contribution in [3.63, 3.8) is 0 Å². The molecule has 0 atom stereocenters. The van der Waals surface area contributed by atoms with Crippen LogP contribution >= 0.6 is 0 Å². The molecule has 1 amide bonds. The molecule has 0 saturated heterocycles. The summed E-state index contributed by atoms with van der Waals surface area (Å²) in [6.45, 7) is 5.64. The number of hydrogen-bond donors (Lipinski definition) is 3. The Morgan fingerprint density at radius 1 is 1.24 bits per heavy atom. The van der Waals surface area contributed by atoms with Gasteiger partial charge in [-0.15, -0.1) is 0 Å². The van der Waals surface area contributed by atoms with Crippen molar-refractivity contribution in [2.75, 3.05) is 0 Å². The van der Waals surface area contributed by atoms with Crippen LogP contribution in [0.4, 0.5) is 0 Å². The van der Waals surface area contributed by atoms with E-state index in [2.05, 4.69) is 5.10 Å². The normalized spacial score (nSPS) is 10.5. The SMILES string of the molecule is Cc1cc(C)c(-n2nc(C(=O)NN)c(O)cc2=O)c(C)c1. The van der Waals surface area contributed by atoms with Crippen LogP contribution in [0.3, 0.4) is 0 Å². The van der Waals surface area contributed by atoms with Crippen LogP contribution in [0.5, 0.6) is 5.75 Å². The third kappa shape index (κ3) is 2.63. The van der Waals surface area contributed by atoms with Crippen molar-refractivity contribution in [2.45, 2.75) is 20.8 Å². The lowest BCUT2D eigenvalue weighted by Crippen LogP contribution is -2.33. The van der Waals surface area contributed by atoms with E-state index in [4.69, 9.17) is 5.84 Å². The summed E-state index contributed by atoms with van der Waals surface area (Å²) < 4.78 is 1.09. The van der Waals surface area contributed by atoms with E-state index >= 15 is 0 Å². The van der Waals surface area contributed by atoms with Crippen molar-refractivity contribution in [3.8, 4) is 11.4 Å². The number of amides is 1. The Balaban J connectivity index is 2.76. The maximum atomic E-state index is 12.1. The van der Waals surface area contributed by atoms with Gasteiger partial charge in [-0.05, 0) is 31.9 Å². The quantitative estimate of drug-likeness (QED) is 0.422. The molecular weight excluding hydrogens is 272 g/mol. The van der Waals surface area contributed by atoms with Crippen molar-refractivity contribution in [1.82, 2.24) is 15.2 Å². The summed E-state index contributed by atoms with van der Waals surface area (Å²) in [7, 11) is 0. The Morgan fingerprint density at radius 3 is 2.33 bits per heavy atom. The Bertz CT molecular complexity index is 757. The predicted octanol–water partition coefficient (Wildman–Crippen LogP) is 0.467. The van der Waals surface area contributed by atoms with Crippen molar-refractivity contribution in [2.24, 2.45) is 5.84 Å². The standard InChI is InChI=1S/C14H16N4O3/c1-7-4-8(2)13(9(3)5-7)18-11(20)6-10(19)12(17-18)14(21)16-15/h4-6,19H,15H2,1-3H3,(H,16,21). The van der Waals surface area contributed by atoms with Crippen molar-refractivity contribution in [3.05, 3.63) is 50.9 Å². The van der Waals surface area contributed by atoms with Crippen LogP contribution in [-0.4, -0.2) is 20.8 Å². The predicted molar refractivity (Wildman–Crippen MR) is 77.4 cm³/mol. The molecule has 0 unspecified atom stereocenters. The minimum absolute atomic E-state index is 0.309. The molecule has 0 bridgehead atoms. The number of benzene rings is 1. The molecule has 0 aliphatic heterocycles. The second kappa shape index (κ2) is 5.37. The van der Waals surface area contributed by atoms with Gasteiger partial charge in [0.15, 0.2) is 11.4 Å². The van der Waals surface area contributed by atoms with Gasteiger partial charge in [0.25, 0.3) is 11.5 Å². The second-order valence-corrected chi connectivity index (χ2v) is 4.85. The van der Waals surface area contributed by atoms with E-state index in [-0.39, 0.29) is 5.69 Å². The van der Waals surface area contributed by atoms with Crippen molar-refractivity contribution in [1.29, 1.82) is 0 Å². The molecule has 0 aliphatic carbocycles. The number of nitrogens with two attached hydrogens (primary N) is 1. The van der Waals surface area contributed by atoms with E-state index in [1.165, 1.54) is 0 Å². The smallest absolute Gasteiger partial charge is 0.289 e. The molecule has 0 fully saturated rings. The number of aromatic nitrogens is 2. The van der Waals surface area contributed by atoms with Crippen LogP contribution in [0.15, 0.2) is 23.0 Å². The lowest BCUT2D eigenvalue weighted by Gasteiger charge is -2.13. The first-order chi connectivity index (χ1) is 9.85. The lowest BCUT2D eigenvalue weighted by atomic mass is 10.1. The van der Waals surface area contributed by atoms with Crippen molar-refractivity contribution >= 4 is 5.91 Å². The molecule has 0 spiro atoms. The minimum atomic E-state index is -0.774. The molecular formula is C14H16N4O3. The van der Waals surface area contributed by atoms with Gasteiger partial charge in [0.2, 0.25) is 0 Å². The van der Waals surface area contributed by atoms with Gasteiger partial charge in [-0.1, -0.05) is 17.7 Å². The zero-order chi connectivity index (χ0) is 15.7. The molecule has 2 aromatic rings. The molecule has 0 radical (unpaired) electrons. The topological polar surface area (TPSA) is 110 Å². The van der Waals surface area contributed by atoms with E-state index < -0.39 is 17.2 Å². The largest absolute Gasteiger partial charge is 0.505 e. The number of rotatable bonds is 2. The number of aromatic hydroxyl groups is 1. The highest BCUT2D eigenvalue weighted by Crippen LogP contribution is 2.20. The number of hydrazine groups is 1. The van der Waals surface area contributed by atoms with Crippen LogP contribution < -0.4 is 16.8 Å². The van der Waals surface area contributed by atoms with Gasteiger partial charge in [0.1, 0.15) is 0 Å². The maximum Gasteiger partial charge on any atom is 0.289 e. The number of nitrogens with zero attached hydrogens (tertiary/aromatic N) is 2. The molecule has 7 heteroatoms. The fourth-order valence-electron chi connectivity index (χ4n) is 2.34. The third-order valence-corrected chi connectivity index (χ3v) is 3.10.